The number of carbonyl (C=O) groups excluding carboxylic acids is 1. The molecular formula is C15H17FN2O2. The molecule has 0 saturated heterocycles. The first-order chi connectivity index (χ1) is 9.63. The molecule has 0 amide bonds. The Morgan fingerprint density at radius 3 is 2.85 bits per heavy atom. The lowest BCUT2D eigenvalue weighted by atomic mass is 10.1. The van der Waals surface area contributed by atoms with Crippen molar-refractivity contribution in [3.05, 3.63) is 53.6 Å². The largest absolute Gasteiger partial charge is 0.465 e. The van der Waals surface area contributed by atoms with E-state index in [1.54, 1.807) is 0 Å². The number of benzene rings is 1. The van der Waals surface area contributed by atoms with Gasteiger partial charge < -0.3 is 14.6 Å². The Morgan fingerprint density at radius 1 is 1.40 bits per heavy atom. The van der Waals surface area contributed by atoms with Crippen LogP contribution in [-0.2, 0) is 17.8 Å². The van der Waals surface area contributed by atoms with Crippen LogP contribution in [0.25, 0.3) is 0 Å². The van der Waals surface area contributed by atoms with Crippen LogP contribution in [0.5, 0.6) is 0 Å². The number of anilines is 1. The SMILES string of the molecule is CCn1ccc(CNc2cc(F)ccc2C(=O)OC)c1. The van der Waals surface area contributed by atoms with Crippen LogP contribution in [-0.4, -0.2) is 17.6 Å². The lowest BCUT2D eigenvalue weighted by molar-refractivity contribution is 0.0602. The van der Waals surface area contributed by atoms with Crippen molar-refractivity contribution in [3.8, 4) is 0 Å². The molecule has 2 rings (SSSR count). The molecule has 0 bridgehead atoms. The summed E-state index contributed by atoms with van der Waals surface area (Å²) in [5.41, 5.74) is 1.82. The summed E-state index contributed by atoms with van der Waals surface area (Å²) in [4.78, 5) is 11.6. The van der Waals surface area contributed by atoms with Gasteiger partial charge in [-0.05, 0) is 36.8 Å². The first kappa shape index (κ1) is 14.1. The minimum atomic E-state index is -0.487. The topological polar surface area (TPSA) is 43.3 Å². The molecule has 0 aliphatic rings. The van der Waals surface area contributed by atoms with E-state index in [1.165, 1.54) is 25.3 Å². The Labute approximate surface area is 117 Å². The van der Waals surface area contributed by atoms with Crippen LogP contribution in [0.4, 0.5) is 10.1 Å². The smallest absolute Gasteiger partial charge is 0.339 e. The van der Waals surface area contributed by atoms with Crippen LogP contribution in [0.15, 0.2) is 36.7 Å². The van der Waals surface area contributed by atoms with Gasteiger partial charge in [-0.2, -0.15) is 0 Å². The van der Waals surface area contributed by atoms with E-state index in [9.17, 15) is 9.18 Å². The van der Waals surface area contributed by atoms with E-state index in [2.05, 4.69) is 17.0 Å². The van der Waals surface area contributed by atoms with E-state index in [4.69, 9.17) is 0 Å². The minimum Gasteiger partial charge on any atom is -0.465 e. The average Bonchev–Trinajstić information content (AvgIpc) is 2.92. The molecule has 20 heavy (non-hydrogen) atoms. The molecule has 1 aromatic heterocycles. The predicted molar refractivity (Wildman–Crippen MR) is 75.2 cm³/mol. The maximum Gasteiger partial charge on any atom is 0.339 e. The highest BCUT2D eigenvalue weighted by molar-refractivity contribution is 5.95. The highest BCUT2D eigenvalue weighted by Gasteiger charge is 2.12. The van der Waals surface area contributed by atoms with E-state index in [1.807, 2.05) is 23.0 Å². The number of halogens is 1. The van der Waals surface area contributed by atoms with Crippen molar-refractivity contribution in [3.63, 3.8) is 0 Å². The van der Waals surface area contributed by atoms with E-state index in [-0.39, 0.29) is 0 Å². The van der Waals surface area contributed by atoms with Gasteiger partial charge in [-0.15, -0.1) is 0 Å². The molecule has 0 aliphatic heterocycles. The fraction of sp³-hybridized carbons (Fsp3) is 0.267. The number of esters is 1. The molecule has 2 aromatic rings. The fourth-order valence-electron chi connectivity index (χ4n) is 1.94. The second-order valence-corrected chi connectivity index (χ2v) is 4.39. The molecule has 0 unspecified atom stereocenters. The number of nitrogens with zero attached hydrogens (tertiary/aromatic N) is 1. The maximum atomic E-state index is 13.3. The Kier molecular flexibility index (Phi) is 4.40. The molecule has 1 heterocycles. The summed E-state index contributed by atoms with van der Waals surface area (Å²) in [6.45, 7) is 3.47. The zero-order valence-corrected chi connectivity index (χ0v) is 11.5. The van der Waals surface area contributed by atoms with Gasteiger partial charge in [-0.25, -0.2) is 9.18 Å². The number of aryl methyl sites for hydroxylation is 1. The van der Waals surface area contributed by atoms with Crippen LogP contribution < -0.4 is 5.32 Å². The summed E-state index contributed by atoms with van der Waals surface area (Å²) in [7, 11) is 1.30. The number of nitrogens with one attached hydrogen (secondary N) is 1. The standard InChI is InChI=1S/C15H17FN2O2/c1-3-18-7-6-11(10-18)9-17-14-8-12(16)4-5-13(14)15(19)20-2/h4-8,10,17H,3,9H2,1-2H3. The van der Waals surface area contributed by atoms with Gasteiger partial charge in [0.1, 0.15) is 5.82 Å². The van der Waals surface area contributed by atoms with Crippen LogP contribution in [0, 0.1) is 5.82 Å². The van der Waals surface area contributed by atoms with Gasteiger partial charge in [0.05, 0.1) is 18.4 Å². The second-order valence-electron chi connectivity index (χ2n) is 4.39. The first-order valence-electron chi connectivity index (χ1n) is 6.40. The molecule has 1 N–H and O–H groups in total. The van der Waals surface area contributed by atoms with E-state index in [0.29, 0.717) is 17.8 Å². The van der Waals surface area contributed by atoms with Crippen molar-refractivity contribution < 1.29 is 13.9 Å². The Balaban J connectivity index is 2.15. The summed E-state index contributed by atoms with van der Waals surface area (Å²) in [5.74, 6) is -0.884. The van der Waals surface area contributed by atoms with Crippen LogP contribution in [0.3, 0.4) is 0 Å². The molecular weight excluding hydrogens is 259 g/mol. The van der Waals surface area contributed by atoms with Crippen molar-refractivity contribution in [1.82, 2.24) is 4.57 Å². The number of hydrogen-bond donors (Lipinski definition) is 1. The Morgan fingerprint density at radius 2 is 2.20 bits per heavy atom. The Hall–Kier alpha value is -2.30. The van der Waals surface area contributed by atoms with Gasteiger partial charge in [0.15, 0.2) is 0 Å². The van der Waals surface area contributed by atoms with Crippen molar-refractivity contribution in [2.24, 2.45) is 0 Å². The summed E-state index contributed by atoms with van der Waals surface area (Å²) < 4.78 is 20.0. The number of ether oxygens (including phenoxy) is 1. The quantitative estimate of drug-likeness (QED) is 0.854. The lowest BCUT2D eigenvalue weighted by Gasteiger charge is -2.10. The van der Waals surface area contributed by atoms with Crippen LogP contribution in [0.2, 0.25) is 0 Å². The third kappa shape index (κ3) is 3.17. The van der Waals surface area contributed by atoms with E-state index >= 15 is 0 Å². The van der Waals surface area contributed by atoms with Gasteiger partial charge in [0.2, 0.25) is 0 Å². The zero-order chi connectivity index (χ0) is 14.5. The van der Waals surface area contributed by atoms with E-state index < -0.39 is 11.8 Å². The highest BCUT2D eigenvalue weighted by Crippen LogP contribution is 2.19. The third-order valence-electron chi connectivity index (χ3n) is 3.05. The number of aromatic nitrogens is 1. The average molecular weight is 276 g/mol. The molecule has 4 nitrogen and oxygen atoms in total. The van der Waals surface area contributed by atoms with Crippen molar-refractivity contribution >= 4 is 11.7 Å². The van der Waals surface area contributed by atoms with Gasteiger partial charge in [-0.3, -0.25) is 0 Å². The summed E-state index contributed by atoms with van der Waals surface area (Å²) in [6.07, 6.45) is 3.98. The predicted octanol–water partition coefficient (Wildman–Crippen LogP) is 3.05. The lowest BCUT2D eigenvalue weighted by Crippen LogP contribution is -2.08. The van der Waals surface area contributed by atoms with Crippen LogP contribution in [0.1, 0.15) is 22.8 Å². The molecule has 0 atom stereocenters. The van der Waals surface area contributed by atoms with E-state index in [0.717, 1.165) is 12.1 Å². The van der Waals surface area contributed by atoms with Gasteiger partial charge >= 0.3 is 5.97 Å². The molecule has 106 valence electrons. The first-order valence-corrected chi connectivity index (χ1v) is 6.40. The normalized spacial score (nSPS) is 10.3. The van der Waals surface area contributed by atoms with Crippen molar-refractivity contribution in [2.75, 3.05) is 12.4 Å². The van der Waals surface area contributed by atoms with Crippen molar-refractivity contribution in [2.45, 2.75) is 20.0 Å². The zero-order valence-electron chi connectivity index (χ0n) is 11.5. The van der Waals surface area contributed by atoms with Gasteiger partial charge in [-0.1, -0.05) is 0 Å². The van der Waals surface area contributed by atoms with Gasteiger partial charge in [0, 0.05) is 25.5 Å². The highest BCUT2D eigenvalue weighted by atomic mass is 19.1. The molecule has 0 spiro atoms. The molecule has 1 aromatic carbocycles. The summed E-state index contributed by atoms with van der Waals surface area (Å²) in [6, 6.07) is 5.93. The minimum absolute atomic E-state index is 0.323. The fourth-order valence-corrected chi connectivity index (χ4v) is 1.94. The maximum absolute atomic E-state index is 13.3. The Bertz CT molecular complexity index is 608. The van der Waals surface area contributed by atoms with Crippen LogP contribution >= 0.6 is 0 Å². The monoisotopic (exact) mass is 276 g/mol. The number of rotatable bonds is 5. The molecule has 5 heteroatoms. The second kappa shape index (κ2) is 6.23. The summed E-state index contributed by atoms with van der Waals surface area (Å²) in [5, 5.41) is 3.07. The molecule has 0 radical (unpaired) electrons. The van der Waals surface area contributed by atoms with Gasteiger partial charge in [0.25, 0.3) is 0 Å². The molecule has 0 saturated carbocycles. The van der Waals surface area contributed by atoms with Crippen molar-refractivity contribution in [1.29, 1.82) is 0 Å². The third-order valence-corrected chi connectivity index (χ3v) is 3.05. The molecule has 0 aliphatic carbocycles. The number of carbonyl (C=O) groups is 1. The summed E-state index contributed by atoms with van der Waals surface area (Å²) >= 11 is 0. The number of methoxy groups -OCH3 is 1. The molecule has 0 fully saturated rings. The number of hydrogen-bond acceptors (Lipinski definition) is 3.